The molecule has 0 atom stereocenters. The summed E-state index contributed by atoms with van der Waals surface area (Å²) in [7, 11) is 0. The van der Waals surface area contributed by atoms with Crippen LogP contribution in [0.4, 0.5) is 10.1 Å². The smallest absolute Gasteiger partial charge is 0.256 e. The molecule has 4 nitrogen and oxygen atoms in total. The number of rotatable bonds is 3. The second-order valence-corrected chi connectivity index (χ2v) is 6.84. The van der Waals surface area contributed by atoms with Crippen molar-refractivity contribution in [1.29, 1.82) is 0 Å². The zero-order chi connectivity index (χ0) is 18.0. The van der Waals surface area contributed by atoms with E-state index in [1.807, 2.05) is 6.07 Å². The highest BCUT2D eigenvalue weighted by atomic mass is 35.5. The van der Waals surface area contributed by atoms with Gasteiger partial charge in [0.2, 0.25) is 0 Å². The molecular weight excluding hydrogens is 364 g/mol. The molecule has 132 valence electrons. The van der Waals surface area contributed by atoms with Crippen LogP contribution in [0.25, 0.3) is 0 Å². The van der Waals surface area contributed by atoms with E-state index in [9.17, 15) is 9.18 Å². The Hall–Kier alpha value is -1.82. The molecule has 0 unspecified atom stereocenters. The van der Waals surface area contributed by atoms with E-state index in [0.29, 0.717) is 48.3 Å². The van der Waals surface area contributed by atoms with Gasteiger partial charge in [-0.1, -0.05) is 35.3 Å². The normalized spacial score (nSPS) is 15.4. The number of hydrogen-bond donors (Lipinski definition) is 1. The lowest BCUT2D eigenvalue weighted by Gasteiger charge is -2.35. The summed E-state index contributed by atoms with van der Waals surface area (Å²) in [6, 6.07) is 9.88. The lowest BCUT2D eigenvalue weighted by Crippen LogP contribution is -2.48. The summed E-state index contributed by atoms with van der Waals surface area (Å²) >= 11 is 12.2. The van der Waals surface area contributed by atoms with Gasteiger partial charge in [0.25, 0.3) is 5.91 Å². The molecule has 2 aromatic rings. The first-order valence-electron chi connectivity index (χ1n) is 7.95. The fraction of sp³-hybridized carbons (Fsp3) is 0.278. The number of nitrogens with zero attached hydrogens (tertiary/aromatic N) is 2. The Balaban J connectivity index is 1.61. The molecule has 1 fully saturated rings. The number of nitrogen functional groups attached to an aromatic ring is 1. The standard InChI is InChI=1S/C18H18Cl2FN3O/c19-13-2-1-3-14(20)17(13)18(25)24-8-6-23(7-9-24)11-12-4-5-16(22)15(21)10-12/h1-5,10H,6-9,11,22H2. The van der Waals surface area contributed by atoms with Crippen molar-refractivity contribution in [3.8, 4) is 0 Å². The van der Waals surface area contributed by atoms with E-state index in [2.05, 4.69) is 4.90 Å². The van der Waals surface area contributed by atoms with Crippen molar-refractivity contribution >= 4 is 34.8 Å². The number of halogens is 3. The molecule has 7 heteroatoms. The van der Waals surface area contributed by atoms with Gasteiger partial charge in [-0.25, -0.2) is 4.39 Å². The topological polar surface area (TPSA) is 49.6 Å². The number of amides is 1. The predicted molar refractivity (Wildman–Crippen MR) is 98.5 cm³/mol. The summed E-state index contributed by atoms with van der Waals surface area (Å²) in [6.07, 6.45) is 0. The lowest BCUT2D eigenvalue weighted by atomic mass is 10.1. The Labute approximate surface area is 155 Å². The van der Waals surface area contributed by atoms with Crippen LogP contribution in [0.1, 0.15) is 15.9 Å². The number of nitrogens with two attached hydrogens (primary N) is 1. The highest BCUT2D eigenvalue weighted by Crippen LogP contribution is 2.26. The Morgan fingerprint density at radius 2 is 1.72 bits per heavy atom. The summed E-state index contributed by atoms with van der Waals surface area (Å²) in [6.45, 7) is 3.14. The first kappa shape index (κ1) is 18.0. The van der Waals surface area contributed by atoms with Crippen molar-refractivity contribution in [1.82, 2.24) is 9.80 Å². The van der Waals surface area contributed by atoms with E-state index >= 15 is 0 Å². The van der Waals surface area contributed by atoms with Crippen LogP contribution in [0.2, 0.25) is 10.0 Å². The summed E-state index contributed by atoms with van der Waals surface area (Å²) < 4.78 is 13.5. The summed E-state index contributed by atoms with van der Waals surface area (Å²) in [5.74, 6) is -0.562. The Bertz CT molecular complexity index is 772. The van der Waals surface area contributed by atoms with Gasteiger partial charge in [-0.3, -0.25) is 9.69 Å². The predicted octanol–water partition coefficient (Wildman–Crippen LogP) is 3.67. The SMILES string of the molecule is Nc1ccc(CN2CCN(C(=O)c3c(Cl)cccc3Cl)CC2)cc1F. The molecule has 0 aromatic heterocycles. The van der Waals surface area contributed by atoms with Crippen molar-refractivity contribution in [3.05, 3.63) is 63.4 Å². The van der Waals surface area contributed by atoms with E-state index in [0.717, 1.165) is 5.56 Å². The fourth-order valence-electron chi connectivity index (χ4n) is 2.90. The van der Waals surface area contributed by atoms with Gasteiger partial charge in [0, 0.05) is 32.7 Å². The zero-order valence-corrected chi connectivity index (χ0v) is 15.0. The molecule has 0 saturated carbocycles. The lowest BCUT2D eigenvalue weighted by molar-refractivity contribution is 0.0629. The molecule has 1 saturated heterocycles. The molecule has 1 aliphatic heterocycles. The van der Waals surface area contributed by atoms with Gasteiger partial charge < -0.3 is 10.6 Å². The summed E-state index contributed by atoms with van der Waals surface area (Å²) in [5, 5.41) is 0.717. The third-order valence-electron chi connectivity index (χ3n) is 4.31. The number of carbonyl (C=O) groups excluding carboxylic acids is 1. The fourth-order valence-corrected chi connectivity index (χ4v) is 3.46. The van der Waals surface area contributed by atoms with Crippen LogP contribution in [0, 0.1) is 5.82 Å². The molecule has 0 radical (unpaired) electrons. The Morgan fingerprint density at radius 3 is 2.32 bits per heavy atom. The average Bonchev–Trinajstić information content (AvgIpc) is 2.58. The molecule has 2 aromatic carbocycles. The minimum absolute atomic E-state index is 0.149. The molecular formula is C18H18Cl2FN3O. The zero-order valence-electron chi connectivity index (χ0n) is 13.5. The van der Waals surface area contributed by atoms with Gasteiger partial charge in [0.05, 0.1) is 21.3 Å². The van der Waals surface area contributed by atoms with E-state index in [-0.39, 0.29) is 11.6 Å². The Morgan fingerprint density at radius 1 is 1.08 bits per heavy atom. The largest absolute Gasteiger partial charge is 0.396 e. The van der Waals surface area contributed by atoms with Crippen LogP contribution in [0.15, 0.2) is 36.4 Å². The first-order chi connectivity index (χ1) is 12.0. The van der Waals surface area contributed by atoms with E-state index < -0.39 is 5.82 Å². The maximum absolute atomic E-state index is 13.5. The quantitative estimate of drug-likeness (QED) is 0.825. The molecule has 25 heavy (non-hydrogen) atoms. The van der Waals surface area contributed by atoms with Crippen LogP contribution in [0.5, 0.6) is 0 Å². The van der Waals surface area contributed by atoms with Crippen LogP contribution >= 0.6 is 23.2 Å². The third kappa shape index (κ3) is 4.06. The summed E-state index contributed by atoms with van der Waals surface area (Å²) in [4.78, 5) is 16.6. The second-order valence-electron chi connectivity index (χ2n) is 6.02. The third-order valence-corrected chi connectivity index (χ3v) is 4.94. The van der Waals surface area contributed by atoms with Crippen LogP contribution in [0.3, 0.4) is 0 Å². The number of hydrogen-bond acceptors (Lipinski definition) is 3. The molecule has 1 heterocycles. The van der Waals surface area contributed by atoms with E-state index in [4.69, 9.17) is 28.9 Å². The molecule has 1 aliphatic rings. The van der Waals surface area contributed by atoms with Crippen LogP contribution < -0.4 is 5.73 Å². The van der Waals surface area contributed by atoms with Gasteiger partial charge >= 0.3 is 0 Å². The van der Waals surface area contributed by atoms with Gasteiger partial charge in [-0.2, -0.15) is 0 Å². The molecule has 3 rings (SSSR count). The van der Waals surface area contributed by atoms with Gasteiger partial charge in [-0.15, -0.1) is 0 Å². The first-order valence-corrected chi connectivity index (χ1v) is 8.71. The maximum Gasteiger partial charge on any atom is 0.256 e. The van der Waals surface area contributed by atoms with Crippen molar-refractivity contribution in [2.24, 2.45) is 0 Å². The average molecular weight is 382 g/mol. The van der Waals surface area contributed by atoms with Crippen molar-refractivity contribution < 1.29 is 9.18 Å². The molecule has 0 bridgehead atoms. The van der Waals surface area contributed by atoms with Crippen LogP contribution in [-0.2, 0) is 6.54 Å². The van der Waals surface area contributed by atoms with Gasteiger partial charge in [0.15, 0.2) is 0 Å². The van der Waals surface area contributed by atoms with Crippen molar-refractivity contribution in [2.45, 2.75) is 6.54 Å². The van der Waals surface area contributed by atoms with Crippen molar-refractivity contribution in [2.75, 3.05) is 31.9 Å². The molecule has 0 spiro atoms. The van der Waals surface area contributed by atoms with Crippen molar-refractivity contribution in [3.63, 3.8) is 0 Å². The number of carbonyl (C=O) groups is 1. The van der Waals surface area contributed by atoms with E-state index in [1.165, 1.54) is 6.07 Å². The highest BCUT2D eigenvalue weighted by Gasteiger charge is 2.25. The second kappa shape index (κ2) is 7.60. The molecule has 2 N–H and O–H groups in total. The minimum Gasteiger partial charge on any atom is -0.396 e. The monoisotopic (exact) mass is 381 g/mol. The van der Waals surface area contributed by atoms with Crippen LogP contribution in [-0.4, -0.2) is 41.9 Å². The minimum atomic E-state index is -0.403. The maximum atomic E-state index is 13.5. The highest BCUT2D eigenvalue weighted by molar-refractivity contribution is 6.39. The number of anilines is 1. The molecule has 0 aliphatic carbocycles. The van der Waals surface area contributed by atoms with E-state index in [1.54, 1.807) is 29.2 Å². The van der Waals surface area contributed by atoms with Gasteiger partial charge in [-0.05, 0) is 29.8 Å². The molecule has 1 amide bonds. The number of piperazine rings is 1. The number of benzene rings is 2. The summed E-state index contributed by atoms with van der Waals surface area (Å²) in [5.41, 5.74) is 6.86. The van der Waals surface area contributed by atoms with Gasteiger partial charge in [0.1, 0.15) is 5.82 Å². The Kier molecular flexibility index (Phi) is 5.47.